The van der Waals surface area contributed by atoms with Crippen LogP contribution < -0.4 is 4.74 Å². The van der Waals surface area contributed by atoms with Gasteiger partial charge in [-0.3, -0.25) is 4.98 Å². The molecule has 1 aromatic carbocycles. The van der Waals surface area contributed by atoms with Gasteiger partial charge in [-0.25, -0.2) is 4.39 Å². The zero-order valence-electron chi connectivity index (χ0n) is 10.2. The maximum atomic E-state index is 13.2. The van der Waals surface area contributed by atoms with Crippen molar-refractivity contribution in [2.45, 2.75) is 12.3 Å². The summed E-state index contributed by atoms with van der Waals surface area (Å²) in [5, 5.41) is -0.235. The second-order valence-corrected chi connectivity index (χ2v) is 5.37. The Morgan fingerprint density at radius 3 is 2.52 bits per heavy atom. The van der Waals surface area contributed by atoms with Crippen molar-refractivity contribution in [1.82, 2.24) is 4.98 Å². The van der Waals surface area contributed by atoms with Crippen molar-refractivity contribution in [2.75, 3.05) is 0 Å². The molecule has 1 heterocycles. The van der Waals surface area contributed by atoms with Crippen LogP contribution >= 0.6 is 27.5 Å². The number of hydrogen-bond acceptors (Lipinski definition) is 2. The van der Waals surface area contributed by atoms with E-state index in [0.29, 0.717) is 10.5 Å². The quantitative estimate of drug-likeness (QED) is 0.668. The second-order valence-electron chi connectivity index (χ2n) is 4.04. The lowest BCUT2D eigenvalue weighted by atomic mass is 10.1. The summed E-state index contributed by atoms with van der Waals surface area (Å²) in [6.07, 6.45) is -4.64. The van der Waals surface area contributed by atoms with Gasteiger partial charge in [0.2, 0.25) is 6.10 Å². The molecule has 1 aromatic heterocycles. The van der Waals surface area contributed by atoms with Crippen molar-refractivity contribution >= 4 is 27.5 Å². The van der Waals surface area contributed by atoms with E-state index in [4.69, 9.17) is 16.3 Å². The van der Waals surface area contributed by atoms with Crippen LogP contribution in [0.5, 0.6) is 5.75 Å². The first kappa shape index (κ1) is 16.0. The number of nitrogens with zero attached hydrogens (tertiary/aromatic N) is 1. The summed E-state index contributed by atoms with van der Waals surface area (Å²) in [5.41, 5.74) is -0.496. The molecular formula is C13H7BrClF4NO. The SMILES string of the molecule is Fc1ccc(Cl)c(C(Oc2cncc(Br)c2)C(F)(F)F)c1. The van der Waals surface area contributed by atoms with Crippen LogP contribution in [0.3, 0.4) is 0 Å². The molecule has 0 saturated carbocycles. The van der Waals surface area contributed by atoms with E-state index >= 15 is 0 Å². The Hall–Kier alpha value is -1.34. The number of halogens is 6. The highest BCUT2D eigenvalue weighted by molar-refractivity contribution is 9.10. The Labute approximate surface area is 130 Å². The van der Waals surface area contributed by atoms with Crippen molar-refractivity contribution in [3.8, 4) is 5.75 Å². The average molecular weight is 385 g/mol. The molecule has 0 saturated heterocycles. The zero-order chi connectivity index (χ0) is 15.6. The monoisotopic (exact) mass is 383 g/mol. The molecule has 0 radical (unpaired) electrons. The molecule has 1 atom stereocenters. The van der Waals surface area contributed by atoms with Gasteiger partial charge in [0, 0.05) is 21.3 Å². The lowest BCUT2D eigenvalue weighted by Gasteiger charge is -2.23. The van der Waals surface area contributed by atoms with Gasteiger partial charge in [0.15, 0.2) is 0 Å². The smallest absolute Gasteiger partial charge is 0.429 e. The highest BCUT2D eigenvalue weighted by Crippen LogP contribution is 2.40. The van der Waals surface area contributed by atoms with Gasteiger partial charge < -0.3 is 4.74 Å². The molecule has 0 spiro atoms. The van der Waals surface area contributed by atoms with E-state index in [1.807, 2.05) is 0 Å². The molecule has 0 aliphatic heterocycles. The lowest BCUT2D eigenvalue weighted by molar-refractivity contribution is -0.198. The van der Waals surface area contributed by atoms with Crippen molar-refractivity contribution in [1.29, 1.82) is 0 Å². The molecule has 2 nitrogen and oxygen atoms in total. The standard InChI is InChI=1S/C13H7BrClF4NO/c14-7-3-9(6-20-5-7)21-12(13(17,18)19)10-4-8(16)1-2-11(10)15/h1-6,12H. The number of pyridine rings is 1. The minimum atomic E-state index is -4.76. The van der Waals surface area contributed by atoms with E-state index in [9.17, 15) is 17.6 Å². The van der Waals surface area contributed by atoms with E-state index in [0.717, 1.165) is 18.3 Å². The molecule has 0 N–H and O–H groups in total. The van der Waals surface area contributed by atoms with E-state index in [2.05, 4.69) is 20.9 Å². The topological polar surface area (TPSA) is 22.1 Å². The maximum Gasteiger partial charge on any atom is 0.429 e. The van der Waals surface area contributed by atoms with Crippen LogP contribution in [0.2, 0.25) is 5.02 Å². The minimum absolute atomic E-state index is 0.118. The summed E-state index contributed by atoms with van der Waals surface area (Å²) in [4.78, 5) is 3.71. The molecule has 0 amide bonds. The first-order chi connectivity index (χ1) is 9.77. The number of aromatic nitrogens is 1. The van der Waals surface area contributed by atoms with E-state index in [-0.39, 0.29) is 10.8 Å². The largest absolute Gasteiger partial charge is 0.474 e. The van der Waals surface area contributed by atoms with Gasteiger partial charge in [-0.05, 0) is 40.2 Å². The maximum absolute atomic E-state index is 13.2. The van der Waals surface area contributed by atoms with Crippen LogP contribution in [0.1, 0.15) is 11.7 Å². The molecule has 0 aliphatic carbocycles. The van der Waals surface area contributed by atoms with Crippen molar-refractivity contribution in [2.24, 2.45) is 0 Å². The van der Waals surface area contributed by atoms with E-state index in [1.54, 1.807) is 0 Å². The number of benzene rings is 1. The Bertz CT molecular complexity index is 650. The Balaban J connectivity index is 2.42. The minimum Gasteiger partial charge on any atom is -0.474 e. The molecule has 2 aromatic rings. The normalized spacial score (nSPS) is 13.0. The van der Waals surface area contributed by atoms with Gasteiger partial charge in [-0.2, -0.15) is 13.2 Å². The number of rotatable bonds is 3. The molecule has 8 heteroatoms. The number of hydrogen-bond donors (Lipinski definition) is 0. The first-order valence-corrected chi connectivity index (χ1v) is 6.73. The summed E-state index contributed by atoms with van der Waals surface area (Å²) < 4.78 is 58.1. The average Bonchev–Trinajstić information content (AvgIpc) is 2.38. The third-order valence-corrected chi connectivity index (χ3v) is 3.25. The fourth-order valence-electron chi connectivity index (χ4n) is 1.62. The van der Waals surface area contributed by atoms with Gasteiger partial charge in [0.1, 0.15) is 11.6 Å². The first-order valence-electron chi connectivity index (χ1n) is 5.56. The molecule has 1 unspecified atom stereocenters. The van der Waals surface area contributed by atoms with Crippen molar-refractivity contribution < 1.29 is 22.3 Å². The summed E-state index contributed by atoms with van der Waals surface area (Å²) in [6, 6.07) is 4.04. The van der Waals surface area contributed by atoms with Gasteiger partial charge in [-0.15, -0.1) is 0 Å². The molecule has 0 fully saturated rings. The number of ether oxygens (including phenoxy) is 1. The molecule has 112 valence electrons. The van der Waals surface area contributed by atoms with Crippen LogP contribution in [-0.4, -0.2) is 11.2 Å². The van der Waals surface area contributed by atoms with E-state index in [1.165, 1.54) is 12.3 Å². The van der Waals surface area contributed by atoms with Crippen LogP contribution in [0.4, 0.5) is 17.6 Å². The predicted molar refractivity (Wildman–Crippen MR) is 72.8 cm³/mol. The third kappa shape index (κ3) is 4.07. The molecule has 0 aliphatic rings. The number of alkyl halides is 3. The fraction of sp³-hybridized carbons (Fsp3) is 0.154. The molecular weight excluding hydrogens is 377 g/mol. The molecule has 2 rings (SSSR count). The molecule has 21 heavy (non-hydrogen) atoms. The Morgan fingerprint density at radius 1 is 1.19 bits per heavy atom. The lowest BCUT2D eigenvalue weighted by Crippen LogP contribution is -2.26. The van der Waals surface area contributed by atoms with Crippen LogP contribution in [0, 0.1) is 5.82 Å². The van der Waals surface area contributed by atoms with Gasteiger partial charge in [-0.1, -0.05) is 11.6 Å². The summed E-state index contributed by atoms with van der Waals surface area (Å²) in [7, 11) is 0. The van der Waals surface area contributed by atoms with Gasteiger partial charge in [0.25, 0.3) is 0 Å². The second kappa shape index (κ2) is 6.19. The fourth-order valence-corrected chi connectivity index (χ4v) is 2.18. The third-order valence-electron chi connectivity index (χ3n) is 2.47. The van der Waals surface area contributed by atoms with Gasteiger partial charge in [0.05, 0.1) is 6.20 Å². The highest BCUT2D eigenvalue weighted by Gasteiger charge is 2.44. The summed E-state index contributed by atoms with van der Waals surface area (Å²) >= 11 is 8.80. The molecule has 0 bridgehead atoms. The zero-order valence-corrected chi connectivity index (χ0v) is 12.5. The van der Waals surface area contributed by atoms with E-state index < -0.39 is 23.7 Å². The summed E-state index contributed by atoms with van der Waals surface area (Å²) in [5.74, 6) is -0.952. The van der Waals surface area contributed by atoms with Crippen molar-refractivity contribution in [3.63, 3.8) is 0 Å². The van der Waals surface area contributed by atoms with Crippen LogP contribution in [-0.2, 0) is 0 Å². The Morgan fingerprint density at radius 2 is 1.90 bits per heavy atom. The van der Waals surface area contributed by atoms with Crippen LogP contribution in [0.15, 0.2) is 41.1 Å². The van der Waals surface area contributed by atoms with Gasteiger partial charge >= 0.3 is 6.18 Å². The van der Waals surface area contributed by atoms with Crippen LogP contribution in [0.25, 0.3) is 0 Å². The highest BCUT2D eigenvalue weighted by atomic mass is 79.9. The summed E-state index contributed by atoms with van der Waals surface area (Å²) in [6.45, 7) is 0. The Kier molecular flexibility index (Phi) is 4.73. The van der Waals surface area contributed by atoms with Crippen molar-refractivity contribution in [3.05, 3.63) is 57.5 Å². The predicted octanol–water partition coefficient (Wildman–Crippen LogP) is 5.32.